The number of aryl methyl sites for hydroxylation is 2. The number of phenolic OH excluding ortho intramolecular Hbond substituents is 1. The van der Waals surface area contributed by atoms with E-state index in [4.69, 9.17) is 4.52 Å². The van der Waals surface area contributed by atoms with E-state index in [1.165, 1.54) is 5.56 Å². The van der Waals surface area contributed by atoms with Crippen LogP contribution in [0.5, 0.6) is 5.75 Å². The second kappa shape index (κ2) is 5.57. The number of rotatable bonds is 4. The van der Waals surface area contributed by atoms with Gasteiger partial charge in [-0.3, -0.25) is 0 Å². The van der Waals surface area contributed by atoms with E-state index in [0.29, 0.717) is 23.7 Å². The summed E-state index contributed by atoms with van der Waals surface area (Å²) >= 11 is 0. The van der Waals surface area contributed by atoms with Crippen LogP contribution in [0.3, 0.4) is 0 Å². The zero-order valence-electron chi connectivity index (χ0n) is 10.9. The van der Waals surface area contributed by atoms with Gasteiger partial charge in [0.25, 0.3) is 5.89 Å². The van der Waals surface area contributed by atoms with Crippen molar-refractivity contribution in [2.24, 2.45) is 0 Å². The number of hydrogen-bond donors (Lipinski definition) is 1. The lowest BCUT2D eigenvalue weighted by atomic mass is 10.1. The Balaban J connectivity index is 1.73. The molecule has 0 bridgehead atoms. The van der Waals surface area contributed by atoms with E-state index in [-0.39, 0.29) is 5.75 Å². The monoisotopic (exact) mass is 266 g/mol. The first-order valence-corrected chi connectivity index (χ1v) is 6.48. The summed E-state index contributed by atoms with van der Waals surface area (Å²) in [6.45, 7) is 0. The molecule has 20 heavy (non-hydrogen) atoms. The number of para-hydroxylation sites is 1. The van der Waals surface area contributed by atoms with E-state index in [0.717, 1.165) is 6.42 Å². The van der Waals surface area contributed by atoms with E-state index in [1.54, 1.807) is 18.2 Å². The van der Waals surface area contributed by atoms with Gasteiger partial charge < -0.3 is 9.63 Å². The second-order valence-corrected chi connectivity index (χ2v) is 4.52. The van der Waals surface area contributed by atoms with E-state index in [9.17, 15) is 5.11 Å². The molecule has 4 heteroatoms. The molecule has 4 nitrogen and oxygen atoms in total. The third-order valence-corrected chi connectivity index (χ3v) is 3.08. The van der Waals surface area contributed by atoms with Gasteiger partial charge in [0.15, 0.2) is 5.82 Å². The molecule has 1 aromatic heterocycles. The van der Waals surface area contributed by atoms with Gasteiger partial charge in [0.1, 0.15) is 5.75 Å². The fraction of sp³-hybridized carbons (Fsp3) is 0.125. The Morgan fingerprint density at radius 2 is 1.65 bits per heavy atom. The Morgan fingerprint density at radius 1 is 0.900 bits per heavy atom. The molecule has 0 spiro atoms. The van der Waals surface area contributed by atoms with Crippen LogP contribution in [0.4, 0.5) is 0 Å². The van der Waals surface area contributed by atoms with Gasteiger partial charge in [-0.15, -0.1) is 0 Å². The topological polar surface area (TPSA) is 59.2 Å². The summed E-state index contributed by atoms with van der Waals surface area (Å²) in [7, 11) is 0. The van der Waals surface area contributed by atoms with E-state index >= 15 is 0 Å². The number of aromatic nitrogens is 2. The lowest BCUT2D eigenvalue weighted by Crippen LogP contribution is -1.93. The van der Waals surface area contributed by atoms with Crippen LogP contribution >= 0.6 is 0 Å². The summed E-state index contributed by atoms with van der Waals surface area (Å²) in [4.78, 5) is 4.32. The molecule has 0 amide bonds. The van der Waals surface area contributed by atoms with Gasteiger partial charge in [-0.25, -0.2) is 0 Å². The van der Waals surface area contributed by atoms with E-state index < -0.39 is 0 Å². The molecule has 0 unspecified atom stereocenters. The van der Waals surface area contributed by atoms with Crippen LogP contribution in [0.1, 0.15) is 11.4 Å². The predicted octanol–water partition coefficient (Wildman–Crippen LogP) is 3.23. The molecule has 0 fully saturated rings. The summed E-state index contributed by atoms with van der Waals surface area (Å²) in [5.41, 5.74) is 1.80. The van der Waals surface area contributed by atoms with Gasteiger partial charge in [0.05, 0.1) is 5.56 Å². The molecule has 0 aliphatic carbocycles. The zero-order chi connectivity index (χ0) is 13.8. The lowest BCUT2D eigenvalue weighted by Gasteiger charge is -1.97. The molecule has 1 heterocycles. The highest BCUT2D eigenvalue weighted by Gasteiger charge is 2.11. The number of aromatic hydroxyl groups is 1. The van der Waals surface area contributed by atoms with E-state index in [1.807, 2.05) is 24.3 Å². The summed E-state index contributed by atoms with van der Waals surface area (Å²) in [6.07, 6.45) is 1.57. The Hall–Kier alpha value is -2.62. The van der Waals surface area contributed by atoms with Crippen LogP contribution in [-0.2, 0) is 12.8 Å². The van der Waals surface area contributed by atoms with Crippen LogP contribution < -0.4 is 0 Å². The maximum atomic E-state index is 9.75. The molecule has 0 radical (unpaired) electrons. The first-order chi connectivity index (χ1) is 9.83. The van der Waals surface area contributed by atoms with Crippen molar-refractivity contribution in [2.75, 3.05) is 0 Å². The van der Waals surface area contributed by atoms with Crippen molar-refractivity contribution in [3.8, 4) is 17.2 Å². The van der Waals surface area contributed by atoms with Crippen molar-refractivity contribution in [2.45, 2.75) is 12.8 Å². The van der Waals surface area contributed by atoms with Gasteiger partial charge in [-0.05, 0) is 24.1 Å². The Kier molecular flexibility index (Phi) is 3.46. The SMILES string of the molecule is Oc1ccccc1-c1nc(CCc2ccccc2)no1. The maximum Gasteiger partial charge on any atom is 0.261 e. The molecule has 0 atom stereocenters. The van der Waals surface area contributed by atoms with Gasteiger partial charge in [0.2, 0.25) is 0 Å². The fourth-order valence-electron chi connectivity index (χ4n) is 2.02. The standard InChI is InChI=1S/C16H14N2O2/c19-14-9-5-4-8-13(14)16-17-15(18-20-16)11-10-12-6-2-1-3-7-12/h1-9,19H,10-11H2. The van der Waals surface area contributed by atoms with Crippen molar-refractivity contribution in [3.05, 3.63) is 66.0 Å². The minimum absolute atomic E-state index is 0.144. The molecule has 2 aromatic carbocycles. The highest BCUT2D eigenvalue weighted by atomic mass is 16.5. The molecule has 0 aliphatic heterocycles. The Labute approximate surface area is 116 Å². The molecule has 0 saturated carbocycles. The van der Waals surface area contributed by atoms with Crippen molar-refractivity contribution >= 4 is 0 Å². The number of benzene rings is 2. The van der Waals surface area contributed by atoms with Crippen molar-refractivity contribution < 1.29 is 9.63 Å². The third kappa shape index (κ3) is 2.69. The molecule has 100 valence electrons. The second-order valence-electron chi connectivity index (χ2n) is 4.52. The average molecular weight is 266 g/mol. The largest absolute Gasteiger partial charge is 0.507 e. The summed E-state index contributed by atoms with van der Waals surface area (Å²) in [5, 5.41) is 13.7. The third-order valence-electron chi connectivity index (χ3n) is 3.08. The summed E-state index contributed by atoms with van der Waals surface area (Å²) in [5.74, 6) is 1.14. The molecule has 3 rings (SSSR count). The van der Waals surface area contributed by atoms with Crippen LogP contribution in [0, 0.1) is 0 Å². The van der Waals surface area contributed by atoms with Crippen LogP contribution in [0.25, 0.3) is 11.5 Å². The van der Waals surface area contributed by atoms with Crippen molar-refractivity contribution in [1.82, 2.24) is 10.1 Å². The van der Waals surface area contributed by atoms with Crippen LogP contribution in [0.15, 0.2) is 59.1 Å². The van der Waals surface area contributed by atoms with Crippen molar-refractivity contribution in [1.29, 1.82) is 0 Å². The molecule has 0 aliphatic rings. The van der Waals surface area contributed by atoms with Gasteiger partial charge in [0, 0.05) is 6.42 Å². The molecule has 3 aromatic rings. The molecule has 1 N–H and O–H groups in total. The molecular formula is C16H14N2O2. The number of phenols is 1. The fourth-order valence-corrected chi connectivity index (χ4v) is 2.02. The van der Waals surface area contributed by atoms with Gasteiger partial charge in [-0.2, -0.15) is 4.98 Å². The van der Waals surface area contributed by atoms with E-state index in [2.05, 4.69) is 22.3 Å². The lowest BCUT2D eigenvalue weighted by molar-refractivity contribution is 0.417. The number of hydrogen-bond acceptors (Lipinski definition) is 4. The highest BCUT2D eigenvalue weighted by molar-refractivity contribution is 5.61. The summed E-state index contributed by atoms with van der Waals surface area (Å²) < 4.78 is 5.20. The quantitative estimate of drug-likeness (QED) is 0.787. The zero-order valence-corrected chi connectivity index (χ0v) is 10.9. The van der Waals surface area contributed by atoms with Crippen LogP contribution in [-0.4, -0.2) is 15.2 Å². The first-order valence-electron chi connectivity index (χ1n) is 6.48. The predicted molar refractivity (Wildman–Crippen MR) is 75.2 cm³/mol. The minimum Gasteiger partial charge on any atom is -0.507 e. The average Bonchev–Trinajstić information content (AvgIpc) is 2.95. The maximum absolute atomic E-state index is 9.75. The van der Waals surface area contributed by atoms with Crippen LogP contribution in [0.2, 0.25) is 0 Å². The minimum atomic E-state index is 0.144. The molecular weight excluding hydrogens is 252 g/mol. The highest BCUT2D eigenvalue weighted by Crippen LogP contribution is 2.26. The van der Waals surface area contributed by atoms with Gasteiger partial charge in [-0.1, -0.05) is 47.6 Å². The smallest absolute Gasteiger partial charge is 0.261 e. The van der Waals surface area contributed by atoms with Gasteiger partial charge >= 0.3 is 0 Å². The first kappa shape index (κ1) is 12.4. The molecule has 0 saturated heterocycles. The Morgan fingerprint density at radius 3 is 2.45 bits per heavy atom. The Bertz CT molecular complexity index is 692. The summed E-state index contributed by atoms with van der Waals surface area (Å²) in [6, 6.07) is 17.1. The normalized spacial score (nSPS) is 10.6. The van der Waals surface area contributed by atoms with Crippen molar-refractivity contribution in [3.63, 3.8) is 0 Å². The number of nitrogens with zero attached hydrogens (tertiary/aromatic N) is 2.